The van der Waals surface area contributed by atoms with Crippen molar-refractivity contribution in [3.63, 3.8) is 0 Å². The Balaban J connectivity index is 2.56. The molecular weight excluding hydrogens is 248 g/mol. The molecule has 5 nitrogen and oxygen atoms in total. The Kier molecular flexibility index (Phi) is 3.83. The minimum atomic E-state index is -0.435. The summed E-state index contributed by atoms with van der Waals surface area (Å²) in [4.78, 5) is 11.8. The summed E-state index contributed by atoms with van der Waals surface area (Å²) >= 11 is 0. The first kappa shape index (κ1) is 13.5. The van der Waals surface area contributed by atoms with E-state index in [0.717, 1.165) is 5.56 Å². The predicted octanol–water partition coefficient (Wildman–Crippen LogP) is 2.34. The number of ether oxygens (including phenoxy) is 4. The molecule has 0 spiro atoms. The van der Waals surface area contributed by atoms with E-state index in [1.165, 1.54) is 7.11 Å². The maximum absolute atomic E-state index is 11.8. The molecule has 0 saturated heterocycles. The molecule has 0 aliphatic carbocycles. The number of carbonyl (C=O) groups is 1. The molecule has 1 aliphatic rings. The maximum Gasteiger partial charge on any atom is 0.342 e. The molecule has 0 aromatic heterocycles. The van der Waals surface area contributed by atoms with Gasteiger partial charge in [0.05, 0.1) is 13.2 Å². The van der Waals surface area contributed by atoms with Crippen LogP contribution >= 0.6 is 0 Å². The third kappa shape index (κ3) is 2.59. The van der Waals surface area contributed by atoms with Crippen molar-refractivity contribution in [2.75, 3.05) is 20.3 Å². The Morgan fingerprint density at radius 3 is 2.47 bits per heavy atom. The van der Waals surface area contributed by atoms with Crippen molar-refractivity contribution < 1.29 is 23.7 Å². The molecule has 0 unspecified atom stereocenters. The normalized spacial score (nSPS) is 13.3. The van der Waals surface area contributed by atoms with E-state index in [9.17, 15) is 4.79 Å². The number of hydrogen-bond acceptors (Lipinski definition) is 5. The molecule has 0 amide bonds. The van der Waals surface area contributed by atoms with E-state index < -0.39 is 5.97 Å². The van der Waals surface area contributed by atoms with E-state index >= 15 is 0 Å². The SMILES string of the molecule is COC(=O)c1c(C)cc(OC(C)C)c2c1OCCO2. The van der Waals surface area contributed by atoms with Gasteiger partial charge in [0.15, 0.2) is 11.5 Å². The number of hydrogen-bond donors (Lipinski definition) is 0. The lowest BCUT2D eigenvalue weighted by Gasteiger charge is -2.24. The minimum Gasteiger partial charge on any atom is -0.487 e. The minimum absolute atomic E-state index is 0.0120. The van der Waals surface area contributed by atoms with E-state index in [2.05, 4.69) is 0 Å². The Morgan fingerprint density at radius 1 is 1.26 bits per heavy atom. The van der Waals surface area contributed by atoms with Crippen molar-refractivity contribution in [3.8, 4) is 17.2 Å². The van der Waals surface area contributed by atoms with E-state index in [1.54, 1.807) is 6.07 Å². The van der Waals surface area contributed by atoms with Crippen molar-refractivity contribution >= 4 is 5.97 Å². The number of esters is 1. The van der Waals surface area contributed by atoms with Crippen LogP contribution in [-0.2, 0) is 4.74 Å². The second-order valence-corrected chi connectivity index (χ2v) is 4.58. The highest BCUT2D eigenvalue weighted by atomic mass is 16.6. The fourth-order valence-corrected chi connectivity index (χ4v) is 2.00. The molecule has 0 radical (unpaired) electrons. The summed E-state index contributed by atoms with van der Waals surface area (Å²) in [5, 5.41) is 0. The number of aryl methyl sites for hydroxylation is 1. The van der Waals surface area contributed by atoms with Crippen LogP contribution < -0.4 is 14.2 Å². The predicted molar refractivity (Wildman–Crippen MR) is 69.3 cm³/mol. The second kappa shape index (κ2) is 5.38. The molecule has 0 bridgehead atoms. The number of rotatable bonds is 3. The Morgan fingerprint density at radius 2 is 1.89 bits per heavy atom. The van der Waals surface area contributed by atoms with Gasteiger partial charge in [-0.15, -0.1) is 0 Å². The zero-order chi connectivity index (χ0) is 14.0. The van der Waals surface area contributed by atoms with Crippen LogP contribution in [-0.4, -0.2) is 32.4 Å². The van der Waals surface area contributed by atoms with E-state index in [4.69, 9.17) is 18.9 Å². The summed E-state index contributed by atoms with van der Waals surface area (Å²) < 4.78 is 21.7. The van der Waals surface area contributed by atoms with Crippen molar-refractivity contribution in [2.24, 2.45) is 0 Å². The van der Waals surface area contributed by atoms with Gasteiger partial charge in [-0.1, -0.05) is 0 Å². The first-order valence-corrected chi connectivity index (χ1v) is 6.22. The molecule has 5 heteroatoms. The van der Waals surface area contributed by atoms with Gasteiger partial charge in [-0.3, -0.25) is 0 Å². The van der Waals surface area contributed by atoms with Gasteiger partial charge in [0, 0.05) is 0 Å². The fraction of sp³-hybridized carbons (Fsp3) is 0.500. The second-order valence-electron chi connectivity index (χ2n) is 4.58. The molecule has 2 rings (SSSR count). The highest BCUT2D eigenvalue weighted by molar-refractivity contribution is 5.96. The zero-order valence-corrected chi connectivity index (χ0v) is 11.6. The molecule has 19 heavy (non-hydrogen) atoms. The third-order valence-electron chi connectivity index (χ3n) is 2.73. The van der Waals surface area contributed by atoms with E-state index in [1.807, 2.05) is 20.8 Å². The molecule has 104 valence electrons. The highest BCUT2D eigenvalue weighted by Gasteiger charge is 2.28. The van der Waals surface area contributed by atoms with Crippen LogP contribution in [0.15, 0.2) is 6.07 Å². The molecular formula is C14H18O5. The van der Waals surface area contributed by atoms with Crippen molar-refractivity contribution in [1.29, 1.82) is 0 Å². The van der Waals surface area contributed by atoms with Gasteiger partial charge < -0.3 is 18.9 Å². The average Bonchev–Trinajstić information content (AvgIpc) is 2.37. The largest absolute Gasteiger partial charge is 0.487 e. The van der Waals surface area contributed by atoms with Crippen molar-refractivity contribution in [2.45, 2.75) is 26.9 Å². The summed E-state index contributed by atoms with van der Waals surface area (Å²) in [6, 6.07) is 1.78. The van der Waals surface area contributed by atoms with Gasteiger partial charge >= 0.3 is 5.97 Å². The lowest BCUT2D eigenvalue weighted by Crippen LogP contribution is -2.20. The number of benzene rings is 1. The Labute approximate surface area is 112 Å². The van der Waals surface area contributed by atoms with E-state index in [0.29, 0.717) is 36.0 Å². The lowest BCUT2D eigenvalue weighted by atomic mass is 10.1. The Bertz CT molecular complexity index is 493. The van der Waals surface area contributed by atoms with Crippen LogP contribution in [0, 0.1) is 6.92 Å². The van der Waals surface area contributed by atoms with Gasteiger partial charge in [0.2, 0.25) is 5.75 Å². The van der Waals surface area contributed by atoms with Crippen LogP contribution in [0.3, 0.4) is 0 Å². The molecule has 0 saturated carbocycles. The van der Waals surface area contributed by atoms with E-state index in [-0.39, 0.29) is 6.10 Å². The molecule has 0 fully saturated rings. The maximum atomic E-state index is 11.8. The third-order valence-corrected chi connectivity index (χ3v) is 2.73. The smallest absolute Gasteiger partial charge is 0.342 e. The number of carbonyl (C=O) groups excluding carboxylic acids is 1. The molecule has 1 aromatic carbocycles. The molecule has 1 aliphatic heterocycles. The van der Waals surface area contributed by atoms with Crippen molar-refractivity contribution in [3.05, 3.63) is 17.2 Å². The quantitative estimate of drug-likeness (QED) is 0.786. The Hall–Kier alpha value is -1.91. The topological polar surface area (TPSA) is 54.0 Å². The lowest BCUT2D eigenvalue weighted by molar-refractivity contribution is 0.0588. The summed E-state index contributed by atoms with van der Waals surface area (Å²) in [7, 11) is 1.34. The molecule has 0 atom stereocenters. The van der Waals surface area contributed by atoms with Crippen LogP contribution in [0.1, 0.15) is 29.8 Å². The van der Waals surface area contributed by atoms with Gasteiger partial charge in [-0.25, -0.2) is 4.79 Å². The summed E-state index contributed by atoms with van der Waals surface area (Å²) in [5.74, 6) is 1.05. The van der Waals surface area contributed by atoms with Gasteiger partial charge in [0.1, 0.15) is 18.8 Å². The number of fused-ring (bicyclic) bond motifs is 1. The average molecular weight is 266 g/mol. The highest BCUT2D eigenvalue weighted by Crippen LogP contribution is 2.44. The number of methoxy groups -OCH3 is 1. The summed E-state index contributed by atoms with van der Waals surface area (Å²) in [6.07, 6.45) is 0.0120. The summed E-state index contributed by atoms with van der Waals surface area (Å²) in [5.41, 5.74) is 1.14. The standard InChI is InChI=1S/C14H18O5/c1-8(2)19-10-7-9(3)11(14(15)16-4)13-12(10)17-5-6-18-13/h7-8H,5-6H2,1-4H3. The molecule has 1 aromatic rings. The first-order valence-electron chi connectivity index (χ1n) is 6.22. The van der Waals surface area contributed by atoms with Crippen LogP contribution in [0.5, 0.6) is 17.2 Å². The monoisotopic (exact) mass is 266 g/mol. The van der Waals surface area contributed by atoms with Crippen LogP contribution in [0.4, 0.5) is 0 Å². The van der Waals surface area contributed by atoms with Gasteiger partial charge in [-0.2, -0.15) is 0 Å². The molecule has 0 N–H and O–H groups in total. The first-order chi connectivity index (χ1) is 9.04. The summed E-state index contributed by atoms with van der Waals surface area (Å²) in [6.45, 7) is 6.52. The van der Waals surface area contributed by atoms with Gasteiger partial charge in [0.25, 0.3) is 0 Å². The molecule has 1 heterocycles. The zero-order valence-electron chi connectivity index (χ0n) is 11.6. The van der Waals surface area contributed by atoms with Gasteiger partial charge in [-0.05, 0) is 32.4 Å². The van der Waals surface area contributed by atoms with Crippen LogP contribution in [0.25, 0.3) is 0 Å². The van der Waals surface area contributed by atoms with Crippen LogP contribution in [0.2, 0.25) is 0 Å². The fourth-order valence-electron chi connectivity index (χ4n) is 2.00. The van der Waals surface area contributed by atoms with Crippen molar-refractivity contribution in [1.82, 2.24) is 0 Å².